The van der Waals surface area contributed by atoms with E-state index < -0.39 is 0 Å². The van der Waals surface area contributed by atoms with Crippen LogP contribution in [0.15, 0.2) is 48.5 Å². The summed E-state index contributed by atoms with van der Waals surface area (Å²) in [6.45, 7) is 6.50. The number of hydrogen-bond donors (Lipinski definition) is 2. The lowest BCUT2D eigenvalue weighted by Gasteiger charge is -2.19. The third-order valence-corrected chi connectivity index (χ3v) is 4.57. The molecule has 0 heterocycles. The topological polar surface area (TPSA) is 61.4 Å². The second kappa shape index (κ2) is 9.40. The molecule has 0 atom stereocenters. The van der Waals surface area contributed by atoms with Gasteiger partial charge in [0.2, 0.25) is 11.8 Å². The number of nitrogens with zero attached hydrogens (tertiary/aromatic N) is 1. The van der Waals surface area contributed by atoms with Crippen LogP contribution in [0, 0.1) is 0 Å². The van der Waals surface area contributed by atoms with E-state index in [4.69, 9.17) is 0 Å². The highest BCUT2D eigenvalue weighted by atomic mass is 16.2. The van der Waals surface area contributed by atoms with Gasteiger partial charge in [0.05, 0.1) is 6.54 Å². The van der Waals surface area contributed by atoms with Gasteiger partial charge in [-0.1, -0.05) is 45.0 Å². The van der Waals surface area contributed by atoms with Gasteiger partial charge in [-0.15, -0.1) is 0 Å². The first-order valence-corrected chi connectivity index (χ1v) is 9.58. The molecule has 0 saturated heterocycles. The fourth-order valence-corrected chi connectivity index (χ4v) is 2.74. The molecule has 2 aromatic rings. The van der Waals surface area contributed by atoms with E-state index in [1.165, 1.54) is 5.56 Å². The first-order chi connectivity index (χ1) is 13.1. The molecule has 5 heteroatoms. The summed E-state index contributed by atoms with van der Waals surface area (Å²) in [4.78, 5) is 26.0. The van der Waals surface area contributed by atoms with Crippen molar-refractivity contribution in [1.29, 1.82) is 0 Å². The predicted octanol–water partition coefficient (Wildman–Crippen LogP) is 3.74. The average molecular weight is 382 g/mol. The Labute approximate surface area is 168 Å². The Morgan fingerprint density at radius 3 is 2.04 bits per heavy atom. The van der Waals surface area contributed by atoms with Crippen molar-refractivity contribution in [3.8, 4) is 0 Å². The van der Waals surface area contributed by atoms with Gasteiger partial charge >= 0.3 is 0 Å². The van der Waals surface area contributed by atoms with E-state index in [-0.39, 0.29) is 23.8 Å². The fraction of sp³-hybridized carbons (Fsp3) is 0.391. The first-order valence-electron chi connectivity index (χ1n) is 9.58. The quantitative estimate of drug-likeness (QED) is 0.768. The Balaban J connectivity index is 1.73. The largest absolute Gasteiger partial charge is 0.378 e. The van der Waals surface area contributed by atoms with Gasteiger partial charge < -0.3 is 15.5 Å². The van der Waals surface area contributed by atoms with Gasteiger partial charge in [0.15, 0.2) is 0 Å². The van der Waals surface area contributed by atoms with E-state index in [9.17, 15) is 9.59 Å². The molecule has 0 fully saturated rings. The fourth-order valence-electron chi connectivity index (χ4n) is 2.74. The maximum absolute atomic E-state index is 12.0. The van der Waals surface area contributed by atoms with Crippen LogP contribution in [-0.4, -0.2) is 32.5 Å². The molecule has 0 aliphatic carbocycles. The minimum Gasteiger partial charge on any atom is -0.378 e. The van der Waals surface area contributed by atoms with Gasteiger partial charge in [-0.25, -0.2) is 0 Å². The average Bonchev–Trinajstić information content (AvgIpc) is 2.64. The highest BCUT2D eigenvalue weighted by Gasteiger charge is 2.13. The summed E-state index contributed by atoms with van der Waals surface area (Å²) in [5.74, 6) is -0.363. The SMILES string of the molecule is CN(C)c1ccc(NC(=O)CNC(=O)CCc2ccc(C(C)(C)C)cc2)cc1. The molecule has 0 aliphatic rings. The van der Waals surface area contributed by atoms with Crippen molar-refractivity contribution in [2.24, 2.45) is 0 Å². The summed E-state index contributed by atoms with van der Waals surface area (Å²) in [6.07, 6.45) is 1.02. The monoisotopic (exact) mass is 381 g/mol. The van der Waals surface area contributed by atoms with Gasteiger partial charge in [0.1, 0.15) is 0 Å². The Hall–Kier alpha value is -2.82. The molecular weight excluding hydrogens is 350 g/mol. The van der Waals surface area contributed by atoms with Crippen LogP contribution in [0.25, 0.3) is 0 Å². The third kappa shape index (κ3) is 6.72. The van der Waals surface area contributed by atoms with E-state index in [1.54, 1.807) is 0 Å². The van der Waals surface area contributed by atoms with Crippen LogP contribution in [0.1, 0.15) is 38.3 Å². The van der Waals surface area contributed by atoms with E-state index in [0.717, 1.165) is 11.3 Å². The number of nitrogens with one attached hydrogen (secondary N) is 2. The first kappa shape index (κ1) is 21.5. The molecule has 2 N–H and O–H groups in total. The number of rotatable bonds is 7. The summed E-state index contributed by atoms with van der Waals surface area (Å²) in [5.41, 5.74) is 4.28. The smallest absolute Gasteiger partial charge is 0.243 e. The van der Waals surface area contributed by atoms with Crippen molar-refractivity contribution in [2.75, 3.05) is 30.9 Å². The molecule has 2 amide bonds. The zero-order chi connectivity index (χ0) is 20.7. The molecule has 150 valence electrons. The molecule has 0 saturated carbocycles. The number of anilines is 2. The molecule has 2 aromatic carbocycles. The van der Waals surface area contributed by atoms with E-state index in [2.05, 4.69) is 55.7 Å². The Morgan fingerprint density at radius 1 is 0.893 bits per heavy atom. The Kier molecular flexibility index (Phi) is 7.21. The summed E-state index contributed by atoms with van der Waals surface area (Å²) in [7, 11) is 3.92. The number of carbonyl (C=O) groups excluding carboxylic acids is 2. The van der Waals surface area contributed by atoms with E-state index in [1.807, 2.05) is 43.3 Å². The van der Waals surface area contributed by atoms with Crippen molar-refractivity contribution >= 4 is 23.2 Å². The second-order valence-electron chi connectivity index (χ2n) is 8.21. The Bertz CT molecular complexity index is 788. The van der Waals surface area contributed by atoms with Gasteiger partial charge in [-0.2, -0.15) is 0 Å². The van der Waals surface area contributed by atoms with Crippen molar-refractivity contribution in [3.05, 3.63) is 59.7 Å². The lowest BCUT2D eigenvalue weighted by molar-refractivity contribution is -0.124. The van der Waals surface area contributed by atoms with Crippen LogP contribution in [0.2, 0.25) is 0 Å². The lowest BCUT2D eigenvalue weighted by atomic mass is 9.86. The predicted molar refractivity (Wildman–Crippen MR) is 116 cm³/mol. The van der Waals surface area contributed by atoms with E-state index >= 15 is 0 Å². The minimum absolute atomic E-state index is 0.0305. The van der Waals surface area contributed by atoms with Crippen molar-refractivity contribution in [1.82, 2.24) is 5.32 Å². The van der Waals surface area contributed by atoms with E-state index in [0.29, 0.717) is 18.5 Å². The van der Waals surface area contributed by atoms with Crippen molar-refractivity contribution in [3.63, 3.8) is 0 Å². The standard InChI is InChI=1S/C23H31N3O2/c1-23(2,3)18-9-6-17(7-10-18)8-15-21(27)24-16-22(28)25-19-11-13-20(14-12-19)26(4)5/h6-7,9-14H,8,15-16H2,1-5H3,(H,24,27)(H,25,28). The number of amides is 2. The van der Waals surface area contributed by atoms with Crippen LogP contribution in [0.3, 0.4) is 0 Å². The lowest BCUT2D eigenvalue weighted by Crippen LogP contribution is -2.32. The van der Waals surface area contributed by atoms with Crippen LogP contribution in [0.5, 0.6) is 0 Å². The van der Waals surface area contributed by atoms with Gasteiger partial charge in [-0.05, 0) is 47.2 Å². The summed E-state index contributed by atoms with van der Waals surface area (Å²) in [6, 6.07) is 15.9. The van der Waals surface area contributed by atoms with Gasteiger partial charge in [-0.3, -0.25) is 9.59 Å². The maximum Gasteiger partial charge on any atom is 0.243 e. The molecule has 0 unspecified atom stereocenters. The zero-order valence-electron chi connectivity index (χ0n) is 17.5. The third-order valence-electron chi connectivity index (χ3n) is 4.57. The zero-order valence-corrected chi connectivity index (χ0v) is 17.5. The molecule has 5 nitrogen and oxygen atoms in total. The molecule has 0 aromatic heterocycles. The van der Waals surface area contributed by atoms with Crippen LogP contribution in [-0.2, 0) is 21.4 Å². The van der Waals surface area contributed by atoms with Crippen molar-refractivity contribution in [2.45, 2.75) is 39.0 Å². The van der Waals surface area contributed by atoms with Crippen LogP contribution < -0.4 is 15.5 Å². The number of hydrogen-bond acceptors (Lipinski definition) is 3. The van der Waals surface area contributed by atoms with Gasteiger partial charge in [0, 0.05) is 31.9 Å². The highest BCUT2D eigenvalue weighted by molar-refractivity contribution is 5.94. The molecule has 0 radical (unpaired) electrons. The molecule has 0 aliphatic heterocycles. The second-order valence-corrected chi connectivity index (χ2v) is 8.21. The number of carbonyl (C=O) groups is 2. The normalized spacial score (nSPS) is 11.0. The van der Waals surface area contributed by atoms with Gasteiger partial charge in [0.25, 0.3) is 0 Å². The minimum atomic E-state index is -0.236. The molecule has 0 bridgehead atoms. The molecule has 0 spiro atoms. The molecule has 2 rings (SSSR count). The molecular formula is C23H31N3O2. The maximum atomic E-state index is 12.0. The summed E-state index contributed by atoms with van der Waals surface area (Å²) in [5, 5.41) is 5.46. The van der Waals surface area contributed by atoms with Crippen molar-refractivity contribution < 1.29 is 9.59 Å². The van der Waals surface area contributed by atoms with Crippen LogP contribution >= 0.6 is 0 Å². The molecule has 28 heavy (non-hydrogen) atoms. The van der Waals surface area contributed by atoms with Crippen LogP contribution in [0.4, 0.5) is 11.4 Å². The Morgan fingerprint density at radius 2 is 1.50 bits per heavy atom. The number of benzene rings is 2. The number of aryl methyl sites for hydroxylation is 1. The highest BCUT2D eigenvalue weighted by Crippen LogP contribution is 2.22. The summed E-state index contributed by atoms with van der Waals surface area (Å²) < 4.78 is 0. The summed E-state index contributed by atoms with van der Waals surface area (Å²) >= 11 is 0.